The molecule has 2 aromatic rings. The second-order valence-electron chi connectivity index (χ2n) is 6.53. The highest BCUT2D eigenvalue weighted by atomic mass is 32.1. The number of thiocarbonyl (C=S) groups is 1. The number of benzene rings is 2. The van der Waals surface area contributed by atoms with Crippen molar-refractivity contribution in [3.63, 3.8) is 0 Å². The molecule has 4 heteroatoms. The van der Waals surface area contributed by atoms with Crippen molar-refractivity contribution in [2.75, 3.05) is 25.0 Å². The number of hydrogen-bond acceptors (Lipinski definition) is 1. The monoisotopic (exact) mass is 340 g/mol. The van der Waals surface area contributed by atoms with Crippen LogP contribution in [0.15, 0.2) is 54.6 Å². The van der Waals surface area contributed by atoms with Gasteiger partial charge in [0, 0.05) is 24.1 Å². The van der Waals surface area contributed by atoms with E-state index in [-0.39, 0.29) is 0 Å². The van der Waals surface area contributed by atoms with E-state index in [1.165, 1.54) is 37.1 Å². The molecular weight excluding hydrogens is 314 g/mol. The highest BCUT2D eigenvalue weighted by molar-refractivity contribution is 7.80. The van der Waals surface area contributed by atoms with Gasteiger partial charge in [-0.1, -0.05) is 42.5 Å². The van der Waals surface area contributed by atoms with Gasteiger partial charge in [-0.05, 0) is 36.8 Å². The molecule has 1 fully saturated rings. The van der Waals surface area contributed by atoms with Gasteiger partial charge >= 0.3 is 0 Å². The standard InChI is InChI=1S/C20H25N3S/c1-16-8-7-11-18(14-16)22-20(24)21-15-19(23-12-5-6-13-23)17-9-3-2-4-10-17/h2-4,7-11,14,19H,5-6,12-13,15H2,1H3,(H2,21,22,24)/p+1/t19-/m0/s1. The Morgan fingerprint density at radius 1 is 1.08 bits per heavy atom. The Balaban J connectivity index is 1.61. The van der Waals surface area contributed by atoms with E-state index in [2.05, 4.69) is 60.0 Å². The molecule has 3 rings (SSSR count). The molecule has 1 atom stereocenters. The first-order chi connectivity index (χ1) is 11.7. The molecule has 1 aliphatic rings. The third-order valence-electron chi connectivity index (χ3n) is 4.68. The van der Waals surface area contributed by atoms with E-state index in [0.29, 0.717) is 11.2 Å². The first kappa shape index (κ1) is 16.9. The van der Waals surface area contributed by atoms with Gasteiger partial charge in [-0.25, -0.2) is 0 Å². The van der Waals surface area contributed by atoms with Gasteiger partial charge in [-0.3, -0.25) is 0 Å². The summed E-state index contributed by atoms with van der Waals surface area (Å²) in [6, 6.07) is 19.5. The normalized spacial score (nSPS) is 15.9. The fourth-order valence-corrected chi connectivity index (χ4v) is 3.65. The molecule has 0 spiro atoms. The predicted octanol–water partition coefficient (Wildman–Crippen LogP) is 2.70. The minimum atomic E-state index is 0.450. The molecule has 2 aromatic carbocycles. The first-order valence-corrected chi connectivity index (χ1v) is 9.14. The largest absolute Gasteiger partial charge is 0.356 e. The van der Waals surface area contributed by atoms with Crippen LogP contribution in [0.3, 0.4) is 0 Å². The second kappa shape index (κ2) is 8.27. The fourth-order valence-electron chi connectivity index (χ4n) is 3.45. The maximum absolute atomic E-state index is 5.49. The van der Waals surface area contributed by atoms with E-state index >= 15 is 0 Å². The van der Waals surface area contributed by atoms with Crippen LogP contribution in [0.4, 0.5) is 5.69 Å². The number of likely N-dealkylation sites (tertiary alicyclic amines) is 1. The van der Waals surface area contributed by atoms with Crippen LogP contribution in [0.2, 0.25) is 0 Å². The average Bonchev–Trinajstić information content (AvgIpc) is 3.10. The molecule has 0 aliphatic carbocycles. The molecule has 0 radical (unpaired) electrons. The van der Waals surface area contributed by atoms with Gasteiger partial charge in [0.05, 0.1) is 19.6 Å². The number of rotatable bonds is 5. The summed E-state index contributed by atoms with van der Waals surface area (Å²) in [6.45, 7) is 5.44. The van der Waals surface area contributed by atoms with Crippen molar-refractivity contribution in [2.45, 2.75) is 25.8 Å². The van der Waals surface area contributed by atoms with E-state index in [1.54, 1.807) is 4.90 Å². The lowest BCUT2D eigenvalue weighted by Gasteiger charge is -2.26. The van der Waals surface area contributed by atoms with Crippen molar-refractivity contribution in [2.24, 2.45) is 0 Å². The van der Waals surface area contributed by atoms with Gasteiger partial charge in [0.2, 0.25) is 0 Å². The van der Waals surface area contributed by atoms with Crippen molar-refractivity contribution in [3.8, 4) is 0 Å². The Kier molecular flexibility index (Phi) is 5.83. The quantitative estimate of drug-likeness (QED) is 0.731. The summed E-state index contributed by atoms with van der Waals surface area (Å²) in [6.07, 6.45) is 2.65. The van der Waals surface area contributed by atoms with Crippen LogP contribution < -0.4 is 15.5 Å². The van der Waals surface area contributed by atoms with Crippen LogP contribution in [-0.4, -0.2) is 24.7 Å². The van der Waals surface area contributed by atoms with Crippen LogP contribution in [0.25, 0.3) is 0 Å². The summed E-state index contributed by atoms with van der Waals surface area (Å²) >= 11 is 5.49. The maximum Gasteiger partial charge on any atom is 0.171 e. The number of hydrogen-bond donors (Lipinski definition) is 3. The Labute approximate surface area is 150 Å². The van der Waals surface area contributed by atoms with Crippen LogP contribution in [0.5, 0.6) is 0 Å². The van der Waals surface area contributed by atoms with E-state index in [4.69, 9.17) is 12.2 Å². The van der Waals surface area contributed by atoms with Crippen LogP contribution in [0.1, 0.15) is 30.0 Å². The third-order valence-corrected chi connectivity index (χ3v) is 4.93. The molecule has 24 heavy (non-hydrogen) atoms. The van der Waals surface area contributed by atoms with E-state index in [0.717, 1.165) is 12.2 Å². The van der Waals surface area contributed by atoms with E-state index < -0.39 is 0 Å². The van der Waals surface area contributed by atoms with Crippen LogP contribution in [-0.2, 0) is 0 Å². The summed E-state index contributed by atoms with van der Waals surface area (Å²) in [7, 11) is 0. The Morgan fingerprint density at radius 3 is 2.54 bits per heavy atom. The molecular formula is C20H26N3S+. The smallest absolute Gasteiger partial charge is 0.171 e. The summed E-state index contributed by atoms with van der Waals surface area (Å²) in [5.74, 6) is 0. The number of aryl methyl sites for hydroxylation is 1. The SMILES string of the molecule is Cc1cccc(NC(=S)NC[C@@H](c2ccccc2)[NH+]2CCCC2)c1. The first-order valence-electron chi connectivity index (χ1n) is 8.73. The van der Waals surface area contributed by atoms with E-state index in [9.17, 15) is 0 Å². The lowest BCUT2D eigenvalue weighted by Crippen LogP contribution is -3.11. The zero-order valence-electron chi connectivity index (χ0n) is 14.2. The van der Waals surface area contributed by atoms with Gasteiger partial charge in [0.15, 0.2) is 5.11 Å². The molecule has 0 saturated carbocycles. The third kappa shape index (κ3) is 4.56. The van der Waals surface area contributed by atoms with Crippen molar-refractivity contribution >= 4 is 23.0 Å². The zero-order chi connectivity index (χ0) is 16.8. The minimum absolute atomic E-state index is 0.450. The molecule has 0 amide bonds. The summed E-state index contributed by atoms with van der Waals surface area (Å²) in [4.78, 5) is 1.66. The molecule has 1 saturated heterocycles. The lowest BCUT2D eigenvalue weighted by atomic mass is 10.1. The Hall–Kier alpha value is -1.91. The lowest BCUT2D eigenvalue weighted by molar-refractivity contribution is -0.918. The molecule has 0 bridgehead atoms. The van der Waals surface area contributed by atoms with Crippen molar-refractivity contribution < 1.29 is 4.90 Å². The van der Waals surface area contributed by atoms with Gasteiger partial charge in [0.1, 0.15) is 6.04 Å². The predicted molar refractivity (Wildman–Crippen MR) is 105 cm³/mol. The highest BCUT2D eigenvalue weighted by Gasteiger charge is 2.27. The van der Waals surface area contributed by atoms with Crippen molar-refractivity contribution in [1.29, 1.82) is 0 Å². The number of anilines is 1. The van der Waals surface area contributed by atoms with Gasteiger partial charge in [-0.15, -0.1) is 0 Å². The molecule has 126 valence electrons. The van der Waals surface area contributed by atoms with E-state index in [1.807, 2.05) is 12.1 Å². The summed E-state index contributed by atoms with van der Waals surface area (Å²) in [5.41, 5.74) is 3.66. The highest BCUT2D eigenvalue weighted by Crippen LogP contribution is 2.12. The molecule has 3 N–H and O–H groups in total. The summed E-state index contributed by atoms with van der Waals surface area (Å²) in [5, 5.41) is 7.41. The molecule has 0 unspecified atom stereocenters. The van der Waals surface area contributed by atoms with Gasteiger partial charge < -0.3 is 15.5 Å². The maximum atomic E-state index is 5.49. The number of quaternary nitrogens is 1. The number of nitrogens with one attached hydrogen (secondary N) is 3. The average molecular weight is 341 g/mol. The molecule has 0 aromatic heterocycles. The minimum Gasteiger partial charge on any atom is -0.356 e. The molecule has 1 aliphatic heterocycles. The Morgan fingerprint density at radius 2 is 1.83 bits per heavy atom. The molecule has 3 nitrogen and oxygen atoms in total. The zero-order valence-corrected chi connectivity index (χ0v) is 15.0. The van der Waals surface area contributed by atoms with Crippen molar-refractivity contribution in [3.05, 3.63) is 65.7 Å². The van der Waals surface area contributed by atoms with Crippen LogP contribution >= 0.6 is 12.2 Å². The van der Waals surface area contributed by atoms with Crippen LogP contribution in [0, 0.1) is 6.92 Å². The summed E-state index contributed by atoms with van der Waals surface area (Å²) < 4.78 is 0. The molecule has 1 heterocycles. The van der Waals surface area contributed by atoms with Crippen molar-refractivity contribution in [1.82, 2.24) is 5.32 Å². The van der Waals surface area contributed by atoms with Gasteiger partial charge in [-0.2, -0.15) is 0 Å². The second-order valence-corrected chi connectivity index (χ2v) is 6.94. The topological polar surface area (TPSA) is 28.5 Å². The fraction of sp³-hybridized carbons (Fsp3) is 0.350. The van der Waals surface area contributed by atoms with Gasteiger partial charge in [0.25, 0.3) is 0 Å². The Bertz CT molecular complexity index is 666.